The SMILES string of the molecule is CN1CCN(c2ccc(C(=O)Nc3cc(-c4ccc5ncn(Cc6ccccc6)c5c4)[nH]n3)cc2)CC1. The Balaban J connectivity index is 1.15. The molecule has 5 aromatic rings. The molecule has 1 amide bonds. The Morgan fingerprint density at radius 1 is 0.946 bits per heavy atom. The number of amides is 1. The summed E-state index contributed by atoms with van der Waals surface area (Å²) in [4.78, 5) is 22.1. The summed E-state index contributed by atoms with van der Waals surface area (Å²) < 4.78 is 2.14. The van der Waals surface area contributed by atoms with Gasteiger partial charge >= 0.3 is 0 Å². The fourth-order valence-electron chi connectivity index (χ4n) is 4.74. The van der Waals surface area contributed by atoms with Gasteiger partial charge in [-0.1, -0.05) is 36.4 Å². The minimum atomic E-state index is -0.181. The Bertz CT molecular complexity index is 1510. The predicted molar refractivity (Wildman–Crippen MR) is 147 cm³/mol. The lowest BCUT2D eigenvalue weighted by molar-refractivity contribution is 0.102. The van der Waals surface area contributed by atoms with Gasteiger partial charge in [-0.25, -0.2) is 4.98 Å². The lowest BCUT2D eigenvalue weighted by Crippen LogP contribution is -2.44. The van der Waals surface area contributed by atoms with Crippen LogP contribution in [0, 0.1) is 0 Å². The molecule has 3 aromatic carbocycles. The van der Waals surface area contributed by atoms with E-state index in [1.807, 2.05) is 67.0 Å². The summed E-state index contributed by atoms with van der Waals surface area (Å²) in [7, 11) is 2.14. The summed E-state index contributed by atoms with van der Waals surface area (Å²) in [5.74, 6) is 0.306. The zero-order valence-electron chi connectivity index (χ0n) is 20.8. The molecule has 0 aliphatic carbocycles. The van der Waals surface area contributed by atoms with Crippen LogP contribution in [0.4, 0.5) is 11.5 Å². The highest BCUT2D eigenvalue weighted by atomic mass is 16.1. The van der Waals surface area contributed by atoms with Crippen LogP contribution < -0.4 is 10.2 Å². The molecule has 0 bridgehead atoms. The fourth-order valence-corrected chi connectivity index (χ4v) is 4.74. The van der Waals surface area contributed by atoms with E-state index < -0.39 is 0 Å². The molecule has 0 spiro atoms. The van der Waals surface area contributed by atoms with Crippen molar-refractivity contribution < 1.29 is 4.79 Å². The van der Waals surface area contributed by atoms with E-state index in [4.69, 9.17) is 0 Å². The predicted octanol–water partition coefficient (Wildman–Crippen LogP) is 4.48. The Kier molecular flexibility index (Phi) is 6.16. The molecule has 8 heteroatoms. The van der Waals surface area contributed by atoms with Gasteiger partial charge in [-0.3, -0.25) is 9.89 Å². The van der Waals surface area contributed by atoms with E-state index >= 15 is 0 Å². The van der Waals surface area contributed by atoms with Crippen molar-refractivity contribution in [1.29, 1.82) is 0 Å². The second-order valence-electron chi connectivity index (χ2n) is 9.52. The third-order valence-corrected chi connectivity index (χ3v) is 6.95. The summed E-state index contributed by atoms with van der Waals surface area (Å²) in [6, 6.07) is 26.1. The lowest BCUT2D eigenvalue weighted by atomic mass is 10.1. The number of H-pyrrole nitrogens is 1. The van der Waals surface area contributed by atoms with Gasteiger partial charge in [0.05, 0.1) is 23.1 Å². The number of benzene rings is 3. The first-order chi connectivity index (χ1) is 18.1. The summed E-state index contributed by atoms with van der Waals surface area (Å²) in [6.45, 7) is 4.84. The minimum Gasteiger partial charge on any atom is -0.369 e. The molecule has 1 fully saturated rings. The Morgan fingerprint density at radius 3 is 2.51 bits per heavy atom. The number of hydrogen-bond donors (Lipinski definition) is 2. The van der Waals surface area contributed by atoms with Crippen molar-refractivity contribution in [2.45, 2.75) is 6.54 Å². The summed E-state index contributed by atoms with van der Waals surface area (Å²) in [5, 5.41) is 10.3. The van der Waals surface area contributed by atoms with E-state index in [-0.39, 0.29) is 5.91 Å². The third-order valence-electron chi connectivity index (χ3n) is 6.95. The number of carbonyl (C=O) groups is 1. The van der Waals surface area contributed by atoms with Crippen molar-refractivity contribution in [2.75, 3.05) is 43.4 Å². The molecule has 0 unspecified atom stereocenters. The average molecular weight is 492 g/mol. The van der Waals surface area contributed by atoms with Gasteiger partial charge in [0.2, 0.25) is 0 Å². The molecule has 6 rings (SSSR count). The number of likely N-dealkylation sites (N-methyl/N-ethyl adjacent to an activating group) is 1. The maximum atomic E-state index is 12.9. The van der Waals surface area contributed by atoms with Crippen molar-refractivity contribution in [3.8, 4) is 11.3 Å². The van der Waals surface area contributed by atoms with Gasteiger partial charge in [-0.15, -0.1) is 0 Å². The quantitative estimate of drug-likeness (QED) is 0.366. The number of hydrogen-bond acceptors (Lipinski definition) is 5. The van der Waals surface area contributed by atoms with Gasteiger partial charge in [0.15, 0.2) is 5.82 Å². The van der Waals surface area contributed by atoms with Gasteiger partial charge in [0.1, 0.15) is 0 Å². The van der Waals surface area contributed by atoms with Gasteiger partial charge < -0.3 is 19.7 Å². The largest absolute Gasteiger partial charge is 0.369 e. The Morgan fingerprint density at radius 2 is 1.73 bits per heavy atom. The number of aromatic amines is 1. The molecule has 1 aliphatic heterocycles. The van der Waals surface area contributed by atoms with Crippen molar-refractivity contribution in [3.05, 3.63) is 96.3 Å². The van der Waals surface area contributed by atoms with Crippen LogP contribution in [-0.4, -0.2) is 63.8 Å². The molecule has 8 nitrogen and oxygen atoms in total. The average Bonchev–Trinajstić information content (AvgIpc) is 3.57. The van der Waals surface area contributed by atoms with Crippen molar-refractivity contribution in [2.24, 2.45) is 0 Å². The topological polar surface area (TPSA) is 82.1 Å². The monoisotopic (exact) mass is 491 g/mol. The molecule has 0 saturated carbocycles. The number of piperazine rings is 1. The number of anilines is 2. The van der Waals surface area contributed by atoms with E-state index in [1.165, 1.54) is 5.56 Å². The van der Waals surface area contributed by atoms with Crippen LogP contribution in [0.25, 0.3) is 22.3 Å². The number of nitrogens with one attached hydrogen (secondary N) is 2. The molecular formula is C29H29N7O. The van der Waals surface area contributed by atoms with E-state index in [9.17, 15) is 4.79 Å². The number of imidazole rings is 1. The molecule has 2 N–H and O–H groups in total. The Hall–Kier alpha value is -4.43. The first-order valence-corrected chi connectivity index (χ1v) is 12.5. The highest BCUT2D eigenvalue weighted by Gasteiger charge is 2.16. The van der Waals surface area contributed by atoms with Gasteiger partial charge in [0.25, 0.3) is 5.91 Å². The van der Waals surface area contributed by atoms with Crippen LogP contribution in [0.3, 0.4) is 0 Å². The standard InChI is InChI=1S/C29H29N7O/c1-34-13-15-35(16-14-34)24-10-7-22(8-11-24)29(37)31-28-18-26(32-33-28)23-9-12-25-27(17-23)36(20-30-25)19-21-5-3-2-4-6-21/h2-12,17-18,20H,13-16,19H2,1H3,(H2,31,32,33,37). The summed E-state index contributed by atoms with van der Waals surface area (Å²) in [6.07, 6.45) is 1.87. The highest BCUT2D eigenvalue weighted by molar-refractivity contribution is 6.04. The van der Waals surface area contributed by atoms with E-state index in [2.05, 4.69) is 60.1 Å². The van der Waals surface area contributed by atoms with Crippen LogP contribution >= 0.6 is 0 Å². The molecule has 37 heavy (non-hydrogen) atoms. The molecule has 1 saturated heterocycles. The number of nitrogens with zero attached hydrogens (tertiary/aromatic N) is 5. The van der Waals surface area contributed by atoms with Crippen LogP contribution in [0.5, 0.6) is 0 Å². The number of rotatable bonds is 6. The normalized spacial score (nSPS) is 14.2. The van der Waals surface area contributed by atoms with Gasteiger partial charge in [0, 0.05) is 55.6 Å². The maximum Gasteiger partial charge on any atom is 0.256 e. The zero-order chi connectivity index (χ0) is 25.2. The maximum absolute atomic E-state index is 12.9. The zero-order valence-corrected chi connectivity index (χ0v) is 20.8. The van der Waals surface area contributed by atoms with E-state index in [0.29, 0.717) is 11.4 Å². The molecule has 0 atom stereocenters. The van der Waals surface area contributed by atoms with Crippen LogP contribution in [-0.2, 0) is 6.54 Å². The number of aromatic nitrogens is 4. The fraction of sp³-hybridized carbons (Fsp3) is 0.207. The third kappa shape index (κ3) is 4.96. The highest BCUT2D eigenvalue weighted by Crippen LogP contribution is 2.25. The Labute approximate surface area is 215 Å². The first kappa shape index (κ1) is 23.0. The number of carbonyl (C=O) groups excluding carboxylic acids is 1. The molecule has 3 heterocycles. The smallest absolute Gasteiger partial charge is 0.256 e. The lowest BCUT2D eigenvalue weighted by Gasteiger charge is -2.34. The van der Waals surface area contributed by atoms with Gasteiger partial charge in [-0.05, 0) is 49.0 Å². The molecular weight excluding hydrogens is 462 g/mol. The minimum absolute atomic E-state index is 0.181. The van der Waals surface area contributed by atoms with Crippen LogP contribution in [0.1, 0.15) is 15.9 Å². The van der Waals surface area contributed by atoms with Crippen LogP contribution in [0.2, 0.25) is 0 Å². The van der Waals surface area contributed by atoms with Crippen molar-refractivity contribution >= 4 is 28.4 Å². The molecule has 186 valence electrons. The second-order valence-corrected chi connectivity index (χ2v) is 9.52. The molecule has 2 aromatic heterocycles. The van der Waals surface area contributed by atoms with Crippen molar-refractivity contribution in [3.63, 3.8) is 0 Å². The second kappa shape index (κ2) is 9.91. The number of fused-ring (bicyclic) bond motifs is 1. The first-order valence-electron chi connectivity index (χ1n) is 12.5. The molecule has 0 radical (unpaired) electrons. The van der Waals surface area contributed by atoms with Gasteiger partial charge in [-0.2, -0.15) is 5.10 Å². The van der Waals surface area contributed by atoms with E-state index in [1.54, 1.807) is 0 Å². The summed E-state index contributed by atoms with van der Waals surface area (Å²) >= 11 is 0. The van der Waals surface area contributed by atoms with Crippen molar-refractivity contribution in [1.82, 2.24) is 24.6 Å². The molecule has 1 aliphatic rings. The summed E-state index contributed by atoms with van der Waals surface area (Å²) in [5.41, 5.74) is 6.76. The van der Waals surface area contributed by atoms with E-state index in [0.717, 1.165) is 60.7 Å². The van der Waals surface area contributed by atoms with Crippen LogP contribution in [0.15, 0.2) is 85.2 Å².